The number of ether oxygens (including phenoxy) is 3. The van der Waals surface area contributed by atoms with Gasteiger partial charge in [-0.15, -0.1) is 0 Å². The van der Waals surface area contributed by atoms with E-state index in [1.807, 2.05) is 68.4 Å². The number of aryl methyl sites for hydroxylation is 2. The molecule has 0 aliphatic heterocycles. The molecule has 0 saturated carbocycles. The highest BCUT2D eigenvalue weighted by atomic mass is 79.9. The molecule has 0 heterocycles. The average Bonchev–Trinajstić information content (AvgIpc) is 2.78. The molecule has 3 aromatic rings. The van der Waals surface area contributed by atoms with Gasteiger partial charge >= 0.3 is 0 Å². The smallest absolute Gasteiger partial charge is 0.277 e. The molecular formula is C25H25BrN2O4. The van der Waals surface area contributed by atoms with E-state index in [4.69, 9.17) is 14.2 Å². The maximum atomic E-state index is 12.1. The van der Waals surface area contributed by atoms with Crippen LogP contribution in [0.5, 0.6) is 17.2 Å². The van der Waals surface area contributed by atoms with E-state index in [2.05, 4.69) is 26.5 Å². The highest BCUT2D eigenvalue weighted by Crippen LogP contribution is 2.36. The van der Waals surface area contributed by atoms with Gasteiger partial charge in [-0.1, -0.05) is 48.5 Å². The van der Waals surface area contributed by atoms with Gasteiger partial charge in [0.15, 0.2) is 18.1 Å². The van der Waals surface area contributed by atoms with Crippen LogP contribution in [0.4, 0.5) is 0 Å². The summed E-state index contributed by atoms with van der Waals surface area (Å²) in [6, 6.07) is 19.3. The molecule has 0 aliphatic carbocycles. The Morgan fingerprint density at radius 1 is 1.00 bits per heavy atom. The molecule has 7 heteroatoms. The van der Waals surface area contributed by atoms with Crippen molar-refractivity contribution in [2.45, 2.75) is 20.5 Å². The number of amides is 1. The Kier molecular flexibility index (Phi) is 8.27. The molecule has 166 valence electrons. The first-order valence-electron chi connectivity index (χ1n) is 10.0. The largest absolute Gasteiger partial charge is 0.493 e. The van der Waals surface area contributed by atoms with Crippen molar-refractivity contribution in [3.63, 3.8) is 0 Å². The molecular weight excluding hydrogens is 472 g/mol. The van der Waals surface area contributed by atoms with Gasteiger partial charge in [-0.2, -0.15) is 5.10 Å². The maximum Gasteiger partial charge on any atom is 0.277 e. The maximum absolute atomic E-state index is 12.1. The monoisotopic (exact) mass is 496 g/mol. The number of halogens is 1. The summed E-state index contributed by atoms with van der Waals surface area (Å²) >= 11 is 3.52. The van der Waals surface area contributed by atoms with Gasteiger partial charge in [0.05, 0.1) is 17.8 Å². The van der Waals surface area contributed by atoms with Crippen molar-refractivity contribution < 1.29 is 19.0 Å². The second kappa shape index (κ2) is 11.3. The van der Waals surface area contributed by atoms with Crippen molar-refractivity contribution in [2.24, 2.45) is 5.10 Å². The minimum atomic E-state index is -0.349. The standard InChI is InChI=1S/C25H25BrN2O4/c1-17-8-7-9-18(2)24(17)32-16-23(29)28-27-14-20-12-21(26)25(22(13-20)30-3)31-15-19-10-5-4-6-11-19/h4-14H,15-16H2,1-3H3,(H,28,29)/b27-14+. The Labute approximate surface area is 196 Å². The predicted molar refractivity (Wildman–Crippen MR) is 129 cm³/mol. The Hall–Kier alpha value is -3.32. The van der Waals surface area contributed by atoms with Crippen molar-refractivity contribution in [1.82, 2.24) is 5.43 Å². The van der Waals surface area contributed by atoms with Crippen LogP contribution >= 0.6 is 15.9 Å². The van der Waals surface area contributed by atoms with Crippen LogP contribution in [0.2, 0.25) is 0 Å². The second-order valence-corrected chi connectivity index (χ2v) is 7.97. The third-order valence-electron chi connectivity index (χ3n) is 4.64. The van der Waals surface area contributed by atoms with Gasteiger partial charge < -0.3 is 14.2 Å². The third kappa shape index (κ3) is 6.34. The quantitative estimate of drug-likeness (QED) is 0.327. The van der Waals surface area contributed by atoms with Gasteiger partial charge in [0, 0.05) is 0 Å². The Morgan fingerprint density at radius 3 is 2.41 bits per heavy atom. The zero-order chi connectivity index (χ0) is 22.9. The number of methoxy groups -OCH3 is 1. The van der Waals surface area contributed by atoms with Gasteiger partial charge in [-0.05, 0) is 64.2 Å². The molecule has 3 aromatic carbocycles. The predicted octanol–water partition coefficient (Wildman–Crippen LogP) is 5.18. The summed E-state index contributed by atoms with van der Waals surface area (Å²) in [6.45, 7) is 4.18. The molecule has 0 fully saturated rings. The Morgan fingerprint density at radius 2 is 1.72 bits per heavy atom. The molecule has 6 nitrogen and oxygen atoms in total. The van der Waals surface area contributed by atoms with Crippen molar-refractivity contribution in [1.29, 1.82) is 0 Å². The lowest BCUT2D eigenvalue weighted by molar-refractivity contribution is -0.123. The number of hydrazone groups is 1. The Bertz CT molecular complexity index is 1080. The molecule has 0 bridgehead atoms. The molecule has 0 saturated heterocycles. The number of nitrogens with one attached hydrogen (secondary N) is 1. The average molecular weight is 497 g/mol. The topological polar surface area (TPSA) is 69.2 Å². The lowest BCUT2D eigenvalue weighted by Gasteiger charge is -2.13. The number of hydrogen-bond donors (Lipinski definition) is 1. The first-order valence-corrected chi connectivity index (χ1v) is 10.8. The fraction of sp³-hybridized carbons (Fsp3) is 0.200. The van der Waals surface area contributed by atoms with Gasteiger partial charge in [0.25, 0.3) is 5.91 Å². The molecule has 32 heavy (non-hydrogen) atoms. The second-order valence-electron chi connectivity index (χ2n) is 7.11. The van der Waals surface area contributed by atoms with E-state index in [-0.39, 0.29) is 12.5 Å². The zero-order valence-corrected chi connectivity index (χ0v) is 19.8. The first-order chi connectivity index (χ1) is 15.5. The van der Waals surface area contributed by atoms with E-state index in [9.17, 15) is 4.79 Å². The van der Waals surface area contributed by atoms with E-state index in [1.165, 1.54) is 6.21 Å². The zero-order valence-electron chi connectivity index (χ0n) is 18.2. The SMILES string of the molecule is COc1cc(/C=N/NC(=O)COc2c(C)cccc2C)cc(Br)c1OCc1ccccc1. The van der Waals surface area contributed by atoms with Crippen molar-refractivity contribution in [3.05, 3.63) is 87.4 Å². The highest BCUT2D eigenvalue weighted by Gasteiger charge is 2.12. The Balaban J connectivity index is 1.59. The van der Waals surface area contributed by atoms with E-state index in [0.717, 1.165) is 26.7 Å². The molecule has 1 N–H and O–H groups in total. The number of nitrogens with zero attached hydrogens (tertiary/aromatic N) is 1. The van der Waals surface area contributed by atoms with Crippen LogP contribution in [0, 0.1) is 13.8 Å². The van der Waals surface area contributed by atoms with Gasteiger partial charge in [0.1, 0.15) is 12.4 Å². The molecule has 0 radical (unpaired) electrons. The fourth-order valence-corrected chi connectivity index (χ4v) is 3.63. The summed E-state index contributed by atoms with van der Waals surface area (Å²) in [4.78, 5) is 12.1. The number of benzene rings is 3. The molecule has 0 spiro atoms. The summed E-state index contributed by atoms with van der Waals surface area (Å²) in [5.41, 5.74) is 6.22. The number of carbonyl (C=O) groups excluding carboxylic acids is 1. The van der Waals surface area contributed by atoms with Gasteiger partial charge in [-0.3, -0.25) is 4.79 Å². The lowest BCUT2D eigenvalue weighted by Crippen LogP contribution is -2.25. The molecule has 0 unspecified atom stereocenters. The van der Waals surface area contributed by atoms with Gasteiger partial charge in [-0.25, -0.2) is 5.43 Å². The van der Waals surface area contributed by atoms with Crippen LogP contribution < -0.4 is 19.6 Å². The van der Waals surface area contributed by atoms with Crippen LogP contribution in [0.1, 0.15) is 22.3 Å². The summed E-state index contributed by atoms with van der Waals surface area (Å²) < 4.78 is 17.8. The summed E-state index contributed by atoms with van der Waals surface area (Å²) in [5.74, 6) is 1.52. The van der Waals surface area contributed by atoms with Crippen LogP contribution in [0.25, 0.3) is 0 Å². The van der Waals surface area contributed by atoms with E-state index in [1.54, 1.807) is 13.2 Å². The highest BCUT2D eigenvalue weighted by molar-refractivity contribution is 9.10. The van der Waals surface area contributed by atoms with Crippen LogP contribution in [0.15, 0.2) is 70.2 Å². The number of hydrogen-bond acceptors (Lipinski definition) is 5. The van der Waals surface area contributed by atoms with Crippen LogP contribution in [-0.2, 0) is 11.4 Å². The number of rotatable bonds is 9. The number of para-hydroxylation sites is 1. The number of carbonyl (C=O) groups is 1. The van der Waals surface area contributed by atoms with E-state index < -0.39 is 0 Å². The summed E-state index contributed by atoms with van der Waals surface area (Å²) in [7, 11) is 1.57. The molecule has 1 amide bonds. The molecule has 0 aromatic heterocycles. The fourth-order valence-electron chi connectivity index (χ4n) is 3.06. The first kappa shape index (κ1) is 23.3. The van der Waals surface area contributed by atoms with E-state index >= 15 is 0 Å². The van der Waals surface area contributed by atoms with Crippen LogP contribution in [-0.4, -0.2) is 25.8 Å². The molecule has 0 atom stereocenters. The van der Waals surface area contributed by atoms with Crippen molar-refractivity contribution >= 4 is 28.1 Å². The van der Waals surface area contributed by atoms with E-state index in [0.29, 0.717) is 23.9 Å². The summed E-state index contributed by atoms with van der Waals surface area (Å²) in [6.07, 6.45) is 1.53. The minimum Gasteiger partial charge on any atom is -0.493 e. The minimum absolute atomic E-state index is 0.123. The van der Waals surface area contributed by atoms with Crippen molar-refractivity contribution in [3.8, 4) is 17.2 Å². The molecule has 0 aliphatic rings. The summed E-state index contributed by atoms with van der Waals surface area (Å²) in [5, 5.41) is 4.02. The third-order valence-corrected chi connectivity index (χ3v) is 5.23. The molecule has 3 rings (SSSR count). The van der Waals surface area contributed by atoms with Crippen LogP contribution in [0.3, 0.4) is 0 Å². The normalized spacial score (nSPS) is 10.8. The van der Waals surface area contributed by atoms with Gasteiger partial charge in [0.2, 0.25) is 0 Å². The lowest BCUT2D eigenvalue weighted by atomic mass is 10.1. The van der Waals surface area contributed by atoms with Crippen molar-refractivity contribution in [2.75, 3.05) is 13.7 Å².